The SMILES string of the molecule is O=C(O)Cn1cc(NC(=O)c2ccc3cc[nH]c3c2)cn1. The van der Waals surface area contributed by atoms with Crippen molar-refractivity contribution in [2.75, 3.05) is 5.32 Å². The minimum Gasteiger partial charge on any atom is -0.480 e. The lowest BCUT2D eigenvalue weighted by molar-refractivity contribution is -0.137. The third-order valence-electron chi connectivity index (χ3n) is 3.01. The van der Waals surface area contributed by atoms with Gasteiger partial charge in [0.2, 0.25) is 0 Å². The first-order valence-corrected chi connectivity index (χ1v) is 6.24. The van der Waals surface area contributed by atoms with Crippen molar-refractivity contribution < 1.29 is 14.7 Å². The number of nitrogens with zero attached hydrogens (tertiary/aromatic N) is 2. The average molecular weight is 284 g/mol. The number of H-pyrrole nitrogens is 1. The van der Waals surface area contributed by atoms with Gasteiger partial charge in [-0.3, -0.25) is 14.3 Å². The molecule has 2 heterocycles. The van der Waals surface area contributed by atoms with Crippen LogP contribution in [0.1, 0.15) is 10.4 Å². The third kappa shape index (κ3) is 2.76. The Balaban J connectivity index is 1.76. The highest BCUT2D eigenvalue weighted by molar-refractivity contribution is 6.06. The minimum atomic E-state index is -0.992. The van der Waals surface area contributed by atoms with Gasteiger partial charge in [0.15, 0.2) is 0 Å². The molecule has 1 amide bonds. The molecule has 0 fully saturated rings. The molecule has 21 heavy (non-hydrogen) atoms. The van der Waals surface area contributed by atoms with Gasteiger partial charge in [-0.15, -0.1) is 0 Å². The number of anilines is 1. The van der Waals surface area contributed by atoms with Gasteiger partial charge >= 0.3 is 5.97 Å². The number of nitrogens with one attached hydrogen (secondary N) is 2. The zero-order valence-electron chi connectivity index (χ0n) is 10.9. The second-order valence-corrected chi connectivity index (χ2v) is 4.55. The maximum absolute atomic E-state index is 12.1. The summed E-state index contributed by atoms with van der Waals surface area (Å²) in [5.74, 6) is -1.27. The Kier molecular flexibility index (Phi) is 3.15. The number of carbonyl (C=O) groups is 2. The molecular formula is C14H12N4O3. The minimum absolute atomic E-state index is 0.246. The predicted molar refractivity (Wildman–Crippen MR) is 76.1 cm³/mol. The molecule has 0 saturated carbocycles. The van der Waals surface area contributed by atoms with Crippen LogP contribution < -0.4 is 5.32 Å². The second-order valence-electron chi connectivity index (χ2n) is 4.55. The van der Waals surface area contributed by atoms with Crippen molar-refractivity contribution in [2.45, 2.75) is 6.54 Å². The highest BCUT2D eigenvalue weighted by Crippen LogP contribution is 2.15. The summed E-state index contributed by atoms with van der Waals surface area (Å²) in [6.45, 7) is -0.246. The molecule has 1 aromatic carbocycles. The predicted octanol–water partition coefficient (Wildman–Crippen LogP) is 1.70. The van der Waals surface area contributed by atoms with Crippen LogP contribution in [0.25, 0.3) is 10.9 Å². The van der Waals surface area contributed by atoms with E-state index in [1.807, 2.05) is 18.3 Å². The maximum Gasteiger partial charge on any atom is 0.325 e. The van der Waals surface area contributed by atoms with Crippen LogP contribution in [0.3, 0.4) is 0 Å². The van der Waals surface area contributed by atoms with Crippen molar-refractivity contribution in [1.82, 2.24) is 14.8 Å². The fraction of sp³-hybridized carbons (Fsp3) is 0.0714. The smallest absolute Gasteiger partial charge is 0.325 e. The van der Waals surface area contributed by atoms with E-state index in [-0.39, 0.29) is 12.5 Å². The first kappa shape index (κ1) is 12.9. The van der Waals surface area contributed by atoms with Crippen LogP contribution in [-0.2, 0) is 11.3 Å². The van der Waals surface area contributed by atoms with E-state index in [0.29, 0.717) is 11.3 Å². The van der Waals surface area contributed by atoms with E-state index in [9.17, 15) is 9.59 Å². The molecule has 0 atom stereocenters. The zero-order chi connectivity index (χ0) is 14.8. The highest BCUT2D eigenvalue weighted by atomic mass is 16.4. The van der Waals surface area contributed by atoms with E-state index < -0.39 is 5.97 Å². The van der Waals surface area contributed by atoms with Crippen LogP contribution in [0.2, 0.25) is 0 Å². The summed E-state index contributed by atoms with van der Waals surface area (Å²) in [5, 5.41) is 16.2. The Morgan fingerprint density at radius 1 is 1.33 bits per heavy atom. The fourth-order valence-corrected chi connectivity index (χ4v) is 2.05. The van der Waals surface area contributed by atoms with E-state index in [0.717, 1.165) is 10.9 Å². The molecule has 3 aromatic rings. The van der Waals surface area contributed by atoms with Crippen molar-refractivity contribution in [3.05, 3.63) is 48.4 Å². The number of carboxylic acid groups (broad SMARTS) is 1. The summed E-state index contributed by atoms with van der Waals surface area (Å²) in [6.07, 6.45) is 4.69. The Labute approximate surface area is 119 Å². The molecule has 0 bridgehead atoms. The Bertz CT molecular complexity index is 818. The molecule has 0 aliphatic heterocycles. The number of aromatic amines is 1. The first-order chi connectivity index (χ1) is 10.1. The number of hydrogen-bond donors (Lipinski definition) is 3. The van der Waals surface area contributed by atoms with Crippen molar-refractivity contribution in [3.8, 4) is 0 Å². The molecule has 0 spiro atoms. The molecule has 0 aliphatic rings. The summed E-state index contributed by atoms with van der Waals surface area (Å²) in [5.41, 5.74) is 1.84. The molecule has 0 unspecified atom stereocenters. The normalized spacial score (nSPS) is 10.7. The lowest BCUT2D eigenvalue weighted by atomic mass is 10.1. The number of aliphatic carboxylic acids is 1. The lowest BCUT2D eigenvalue weighted by Gasteiger charge is -2.02. The maximum atomic E-state index is 12.1. The third-order valence-corrected chi connectivity index (χ3v) is 3.01. The van der Waals surface area contributed by atoms with E-state index in [1.54, 1.807) is 12.1 Å². The van der Waals surface area contributed by atoms with Crippen LogP contribution in [-0.4, -0.2) is 31.7 Å². The van der Waals surface area contributed by atoms with Gasteiger partial charge in [-0.2, -0.15) is 5.10 Å². The Morgan fingerprint density at radius 2 is 2.19 bits per heavy atom. The number of aromatic nitrogens is 3. The lowest BCUT2D eigenvalue weighted by Crippen LogP contribution is -2.11. The van der Waals surface area contributed by atoms with Crippen LogP contribution >= 0.6 is 0 Å². The van der Waals surface area contributed by atoms with Crippen LogP contribution in [0, 0.1) is 0 Å². The van der Waals surface area contributed by atoms with Gasteiger partial charge in [0.05, 0.1) is 11.9 Å². The highest BCUT2D eigenvalue weighted by Gasteiger charge is 2.09. The molecule has 0 saturated heterocycles. The molecule has 106 valence electrons. The zero-order valence-corrected chi connectivity index (χ0v) is 10.9. The molecule has 3 rings (SSSR count). The molecular weight excluding hydrogens is 272 g/mol. The number of amides is 1. The quantitative estimate of drug-likeness (QED) is 0.678. The number of hydrogen-bond acceptors (Lipinski definition) is 3. The van der Waals surface area contributed by atoms with Crippen LogP contribution in [0.5, 0.6) is 0 Å². The van der Waals surface area contributed by atoms with Gasteiger partial charge in [-0.1, -0.05) is 6.07 Å². The number of carbonyl (C=O) groups excluding carboxylic acids is 1. The average Bonchev–Trinajstić information content (AvgIpc) is 3.06. The van der Waals surface area contributed by atoms with Gasteiger partial charge in [0.25, 0.3) is 5.91 Å². The van der Waals surface area contributed by atoms with Crippen molar-refractivity contribution >= 4 is 28.5 Å². The van der Waals surface area contributed by atoms with Gasteiger partial charge in [0, 0.05) is 23.5 Å². The van der Waals surface area contributed by atoms with E-state index >= 15 is 0 Å². The van der Waals surface area contributed by atoms with E-state index in [4.69, 9.17) is 5.11 Å². The van der Waals surface area contributed by atoms with Crippen LogP contribution in [0.15, 0.2) is 42.9 Å². The van der Waals surface area contributed by atoms with Crippen molar-refractivity contribution in [3.63, 3.8) is 0 Å². The molecule has 7 nitrogen and oxygen atoms in total. The van der Waals surface area contributed by atoms with Gasteiger partial charge in [-0.25, -0.2) is 0 Å². The molecule has 3 N–H and O–H groups in total. The summed E-state index contributed by atoms with van der Waals surface area (Å²) < 4.78 is 1.24. The summed E-state index contributed by atoms with van der Waals surface area (Å²) in [7, 11) is 0. The number of fused-ring (bicyclic) bond motifs is 1. The number of carboxylic acids is 1. The van der Waals surface area contributed by atoms with Gasteiger partial charge in [0.1, 0.15) is 6.54 Å². The Hall–Kier alpha value is -3.09. The molecule has 0 radical (unpaired) electrons. The van der Waals surface area contributed by atoms with Crippen LogP contribution in [0.4, 0.5) is 5.69 Å². The largest absolute Gasteiger partial charge is 0.480 e. The number of rotatable bonds is 4. The monoisotopic (exact) mass is 284 g/mol. The Morgan fingerprint density at radius 3 is 3.00 bits per heavy atom. The topological polar surface area (TPSA) is 100 Å². The molecule has 7 heteroatoms. The van der Waals surface area contributed by atoms with Gasteiger partial charge in [-0.05, 0) is 23.6 Å². The first-order valence-electron chi connectivity index (χ1n) is 6.24. The van der Waals surface area contributed by atoms with Gasteiger partial charge < -0.3 is 15.4 Å². The van der Waals surface area contributed by atoms with E-state index in [1.165, 1.54) is 17.1 Å². The standard InChI is InChI=1S/C14H12N4O3/c19-13(20)8-18-7-11(6-16-18)17-14(21)10-2-1-9-3-4-15-12(9)5-10/h1-7,15H,8H2,(H,17,21)(H,19,20). The van der Waals surface area contributed by atoms with Crippen molar-refractivity contribution in [1.29, 1.82) is 0 Å². The summed E-state index contributed by atoms with van der Waals surface area (Å²) in [6, 6.07) is 7.26. The fourth-order valence-electron chi connectivity index (χ4n) is 2.05. The summed E-state index contributed by atoms with van der Waals surface area (Å²) in [4.78, 5) is 25.7. The second kappa shape index (κ2) is 5.12. The molecule has 0 aliphatic carbocycles. The van der Waals surface area contributed by atoms with E-state index in [2.05, 4.69) is 15.4 Å². The number of benzene rings is 1. The van der Waals surface area contributed by atoms with Crippen molar-refractivity contribution in [2.24, 2.45) is 0 Å². The summed E-state index contributed by atoms with van der Waals surface area (Å²) >= 11 is 0. The molecule has 2 aromatic heterocycles.